The Kier molecular flexibility index (Phi) is 4.00. The Labute approximate surface area is 130 Å². The third-order valence-corrected chi connectivity index (χ3v) is 4.47. The van der Waals surface area contributed by atoms with Gasteiger partial charge in [0.2, 0.25) is 0 Å². The molecule has 1 aromatic carbocycles. The van der Waals surface area contributed by atoms with Gasteiger partial charge in [-0.2, -0.15) is 0 Å². The molecule has 0 bridgehead atoms. The van der Waals surface area contributed by atoms with Gasteiger partial charge < -0.3 is 4.74 Å². The second-order valence-electron chi connectivity index (χ2n) is 5.80. The maximum absolute atomic E-state index is 5.93. The summed E-state index contributed by atoms with van der Waals surface area (Å²) in [5.74, 6) is 1.82. The van der Waals surface area contributed by atoms with Gasteiger partial charge in [0.1, 0.15) is 5.03 Å². The number of ether oxygens (including phenoxy) is 1. The van der Waals surface area contributed by atoms with Gasteiger partial charge in [-0.05, 0) is 19.6 Å². The van der Waals surface area contributed by atoms with Gasteiger partial charge in [-0.25, -0.2) is 9.97 Å². The van der Waals surface area contributed by atoms with Gasteiger partial charge in [0.25, 0.3) is 0 Å². The molecular formula is C17H20N2OS. The number of nitrogens with zero attached hydrogens (tertiary/aromatic N) is 2. The van der Waals surface area contributed by atoms with E-state index in [2.05, 4.69) is 32.9 Å². The molecule has 0 unspecified atom stereocenters. The normalized spacial score (nSPS) is 16.5. The molecule has 1 aliphatic heterocycles. The van der Waals surface area contributed by atoms with E-state index in [1.54, 1.807) is 11.8 Å². The smallest absolute Gasteiger partial charge is 0.160 e. The van der Waals surface area contributed by atoms with Crippen LogP contribution in [0.4, 0.5) is 0 Å². The van der Waals surface area contributed by atoms with Crippen molar-refractivity contribution in [2.75, 3.05) is 5.75 Å². The maximum Gasteiger partial charge on any atom is 0.160 e. The highest BCUT2D eigenvalue weighted by Gasteiger charge is 2.29. The van der Waals surface area contributed by atoms with E-state index in [0.29, 0.717) is 6.61 Å². The largest absolute Gasteiger partial charge is 0.370 e. The quantitative estimate of drug-likeness (QED) is 0.631. The Morgan fingerprint density at radius 1 is 1.19 bits per heavy atom. The van der Waals surface area contributed by atoms with Crippen LogP contribution in [0.15, 0.2) is 35.4 Å². The van der Waals surface area contributed by atoms with Crippen LogP contribution in [-0.4, -0.2) is 21.3 Å². The Morgan fingerprint density at radius 3 is 2.67 bits per heavy atom. The molecule has 4 heteroatoms. The Morgan fingerprint density at radius 2 is 1.95 bits per heavy atom. The second kappa shape index (κ2) is 5.78. The molecule has 0 N–H and O–H groups in total. The zero-order chi connectivity index (χ0) is 14.9. The van der Waals surface area contributed by atoms with Crippen LogP contribution in [0.3, 0.4) is 0 Å². The van der Waals surface area contributed by atoms with E-state index in [-0.39, 0.29) is 5.60 Å². The van der Waals surface area contributed by atoms with E-state index in [4.69, 9.17) is 14.7 Å². The second-order valence-corrected chi connectivity index (χ2v) is 7.05. The standard InChI is InChI=1S/C17H20N2OS/c1-4-21-16-13-11-20-17(2,3)10-14(13)18-15(19-16)12-8-6-5-7-9-12/h5-9H,4,10-11H2,1-3H3. The maximum atomic E-state index is 5.93. The summed E-state index contributed by atoms with van der Waals surface area (Å²) in [6.07, 6.45) is 0.835. The molecule has 3 rings (SSSR count). The van der Waals surface area contributed by atoms with Crippen molar-refractivity contribution in [2.45, 2.75) is 44.4 Å². The molecule has 110 valence electrons. The minimum absolute atomic E-state index is 0.149. The van der Waals surface area contributed by atoms with Crippen molar-refractivity contribution in [3.05, 3.63) is 41.6 Å². The van der Waals surface area contributed by atoms with Gasteiger partial charge in [-0.3, -0.25) is 0 Å². The minimum atomic E-state index is -0.149. The number of hydrogen-bond donors (Lipinski definition) is 0. The molecular weight excluding hydrogens is 280 g/mol. The highest BCUT2D eigenvalue weighted by atomic mass is 32.2. The summed E-state index contributed by atoms with van der Waals surface area (Å²) >= 11 is 1.77. The van der Waals surface area contributed by atoms with Crippen molar-refractivity contribution in [1.29, 1.82) is 0 Å². The number of fused-ring (bicyclic) bond motifs is 1. The average molecular weight is 300 g/mol. The summed E-state index contributed by atoms with van der Waals surface area (Å²) in [4.78, 5) is 9.58. The summed E-state index contributed by atoms with van der Waals surface area (Å²) in [7, 11) is 0. The van der Waals surface area contributed by atoms with Gasteiger partial charge in [0.15, 0.2) is 5.82 Å². The molecule has 21 heavy (non-hydrogen) atoms. The molecule has 2 heterocycles. The first-order chi connectivity index (χ1) is 10.1. The molecule has 0 aliphatic carbocycles. The van der Waals surface area contributed by atoms with Gasteiger partial charge in [-0.15, -0.1) is 11.8 Å². The molecule has 0 spiro atoms. The van der Waals surface area contributed by atoms with Crippen LogP contribution < -0.4 is 0 Å². The molecule has 1 aliphatic rings. The van der Waals surface area contributed by atoms with Gasteiger partial charge in [-0.1, -0.05) is 37.3 Å². The highest BCUT2D eigenvalue weighted by molar-refractivity contribution is 7.99. The van der Waals surface area contributed by atoms with Crippen LogP contribution in [0.2, 0.25) is 0 Å². The van der Waals surface area contributed by atoms with E-state index >= 15 is 0 Å². The SMILES string of the molecule is CCSc1nc(-c2ccccc2)nc2c1COC(C)(C)C2. The van der Waals surface area contributed by atoms with Crippen LogP contribution in [0, 0.1) is 0 Å². The Bertz CT molecular complexity index is 641. The van der Waals surface area contributed by atoms with Crippen molar-refractivity contribution < 1.29 is 4.74 Å². The molecule has 0 atom stereocenters. The number of rotatable bonds is 3. The molecule has 0 saturated carbocycles. The summed E-state index contributed by atoms with van der Waals surface area (Å²) < 4.78 is 5.93. The predicted octanol–water partition coefficient (Wildman–Crippen LogP) is 4.11. The topological polar surface area (TPSA) is 35.0 Å². The van der Waals surface area contributed by atoms with Crippen molar-refractivity contribution >= 4 is 11.8 Å². The first-order valence-electron chi connectivity index (χ1n) is 7.31. The lowest BCUT2D eigenvalue weighted by atomic mass is 9.96. The molecule has 0 saturated heterocycles. The molecule has 1 aromatic heterocycles. The minimum Gasteiger partial charge on any atom is -0.370 e. The van der Waals surface area contributed by atoms with Crippen molar-refractivity contribution in [1.82, 2.24) is 9.97 Å². The predicted molar refractivity (Wildman–Crippen MR) is 86.4 cm³/mol. The van der Waals surface area contributed by atoms with Gasteiger partial charge in [0.05, 0.1) is 17.9 Å². The third-order valence-electron chi connectivity index (χ3n) is 3.57. The molecule has 0 amide bonds. The van der Waals surface area contributed by atoms with Crippen molar-refractivity contribution in [3.63, 3.8) is 0 Å². The first kappa shape index (κ1) is 14.5. The van der Waals surface area contributed by atoms with Crippen LogP contribution in [0.5, 0.6) is 0 Å². The van der Waals surface area contributed by atoms with Crippen LogP contribution in [0.1, 0.15) is 32.0 Å². The van der Waals surface area contributed by atoms with Crippen LogP contribution in [-0.2, 0) is 17.8 Å². The van der Waals surface area contributed by atoms with E-state index in [9.17, 15) is 0 Å². The fraction of sp³-hybridized carbons (Fsp3) is 0.412. The lowest BCUT2D eigenvalue weighted by Gasteiger charge is -2.32. The Hall–Kier alpha value is -1.39. The van der Waals surface area contributed by atoms with E-state index < -0.39 is 0 Å². The fourth-order valence-electron chi connectivity index (χ4n) is 2.49. The summed E-state index contributed by atoms with van der Waals surface area (Å²) in [5.41, 5.74) is 3.23. The van der Waals surface area contributed by atoms with Crippen LogP contribution in [0.25, 0.3) is 11.4 Å². The van der Waals surface area contributed by atoms with E-state index in [1.165, 1.54) is 5.56 Å². The highest BCUT2D eigenvalue weighted by Crippen LogP contribution is 2.33. The fourth-order valence-corrected chi connectivity index (χ4v) is 3.27. The lowest BCUT2D eigenvalue weighted by Crippen LogP contribution is -2.33. The molecule has 2 aromatic rings. The van der Waals surface area contributed by atoms with Crippen LogP contribution >= 0.6 is 11.8 Å². The average Bonchev–Trinajstić information content (AvgIpc) is 2.47. The van der Waals surface area contributed by atoms with E-state index in [1.807, 2.05) is 18.2 Å². The van der Waals surface area contributed by atoms with Gasteiger partial charge >= 0.3 is 0 Å². The number of benzene rings is 1. The van der Waals surface area contributed by atoms with Gasteiger partial charge in [0, 0.05) is 17.5 Å². The number of aromatic nitrogens is 2. The molecule has 0 fully saturated rings. The van der Waals surface area contributed by atoms with E-state index in [0.717, 1.165) is 34.3 Å². The summed E-state index contributed by atoms with van der Waals surface area (Å²) in [5, 5.41) is 1.07. The zero-order valence-corrected chi connectivity index (χ0v) is 13.5. The first-order valence-corrected chi connectivity index (χ1v) is 8.29. The Balaban J connectivity index is 2.09. The zero-order valence-electron chi connectivity index (χ0n) is 12.7. The summed E-state index contributed by atoms with van der Waals surface area (Å²) in [6, 6.07) is 10.2. The van der Waals surface area contributed by atoms with Crippen molar-refractivity contribution in [3.8, 4) is 11.4 Å². The van der Waals surface area contributed by atoms with Crippen molar-refractivity contribution in [2.24, 2.45) is 0 Å². The third kappa shape index (κ3) is 3.11. The summed E-state index contributed by atoms with van der Waals surface area (Å²) in [6.45, 7) is 6.99. The number of hydrogen-bond acceptors (Lipinski definition) is 4. The monoisotopic (exact) mass is 300 g/mol. The molecule has 0 radical (unpaired) electrons. The molecule has 3 nitrogen and oxygen atoms in total. The lowest BCUT2D eigenvalue weighted by molar-refractivity contribution is -0.0428. The number of thioether (sulfide) groups is 1.